The quantitative estimate of drug-likeness (QED) is 0.390. The first-order chi connectivity index (χ1) is 17.5. The number of nitrogens with zero attached hydrogens (tertiary/aromatic N) is 6. The van der Waals surface area contributed by atoms with E-state index in [1.165, 1.54) is 0 Å². The van der Waals surface area contributed by atoms with Crippen LogP contribution in [0.5, 0.6) is 0 Å². The number of hydrogen-bond acceptors (Lipinski definition) is 6. The summed E-state index contributed by atoms with van der Waals surface area (Å²) in [5, 5.41) is 1.25. The molecule has 2 aliphatic rings. The first-order valence-electron chi connectivity index (χ1n) is 11.8. The second-order valence-corrected chi connectivity index (χ2v) is 10.1. The molecular formula is C26H24Cl2N6O2. The minimum absolute atomic E-state index is 0.0326. The molecule has 36 heavy (non-hydrogen) atoms. The molecule has 6 rings (SSSR count). The summed E-state index contributed by atoms with van der Waals surface area (Å²) < 4.78 is 7.61. The van der Waals surface area contributed by atoms with E-state index in [4.69, 9.17) is 32.9 Å². The summed E-state index contributed by atoms with van der Waals surface area (Å²) in [6, 6.07) is 15.2. The van der Waals surface area contributed by atoms with Gasteiger partial charge < -0.3 is 14.5 Å². The topological polar surface area (TPSA) is 76.4 Å². The summed E-state index contributed by atoms with van der Waals surface area (Å²) >= 11 is 12.8. The lowest BCUT2D eigenvalue weighted by Crippen LogP contribution is -2.62. The van der Waals surface area contributed by atoms with E-state index in [-0.39, 0.29) is 18.1 Å². The SMILES string of the molecule is CN1C(=O)COCC12CCN(c1ncnc3c1nc(-c1ccccc1Cl)n3-c1ccc(Cl)cc1)CC2. The van der Waals surface area contributed by atoms with Gasteiger partial charge in [0.2, 0.25) is 5.91 Å². The van der Waals surface area contributed by atoms with Gasteiger partial charge in [-0.3, -0.25) is 9.36 Å². The highest BCUT2D eigenvalue weighted by atomic mass is 35.5. The molecule has 2 aromatic heterocycles. The van der Waals surface area contributed by atoms with Crippen molar-refractivity contribution >= 4 is 46.1 Å². The molecule has 10 heteroatoms. The van der Waals surface area contributed by atoms with Crippen LogP contribution in [0.25, 0.3) is 28.2 Å². The summed E-state index contributed by atoms with van der Waals surface area (Å²) in [5.41, 5.74) is 2.78. The Bertz CT molecular complexity index is 1450. The van der Waals surface area contributed by atoms with Crippen molar-refractivity contribution in [3.8, 4) is 17.1 Å². The highest BCUT2D eigenvalue weighted by Gasteiger charge is 2.44. The Balaban J connectivity index is 1.44. The van der Waals surface area contributed by atoms with Gasteiger partial charge in [0.05, 0.1) is 17.2 Å². The number of carbonyl (C=O) groups excluding carboxylic acids is 1. The van der Waals surface area contributed by atoms with Crippen molar-refractivity contribution in [2.45, 2.75) is 18.4 Å². The van der Waals surface area contributed by atoms with Gasteiger partial charge in [0.15, 0.2) is 17.0 Å². The number of anilines is 1. The zero-order valence-corrected chi connectivity index (χ0v) is 21.2. The van der Waals surface area contributed by atoms with Crippen LogP contribution in [0.15, 0.2) is 54.9 Å². The fourth-order valence-corrected chi connectivity index (χ4v) is 5.52. The predicted octanol–water partition coefficient (Wildman–Crippen LogP) is 4.62. The number of fused-ring (bicyclic) bond motifs is 1. The van der Waals surface area contributed by atoms with Gasteiger partial charge in [-0.25, -0.2) is 15.0 Å². The molecule has 0 atom stereocenters. The molecule has 1 amide bonds. The minimum atomic E-state index is -0.274. The molecule has 2 fully saturated rings. The molecule has 1 spiro atoms. The van der Waals surface area contributed by atoms with E-state index in [1.807, 2.05) is 65.0 Å². The van der Waals surface area contributed by atoms with Gasteiger partial charge in [-0.1, -0.05) is 35.3 Å². The number of hydrogen-bond donors (Lipinski definition) is 0. The standard InChI is InChI=1S/C26H24Cl2N6O2/c1-32-21(35)14-36-15-26(32)10-12-33(13-11-26)24-22-25(30-16-29-24)34(18-8-6-17(27)7-9-18)23(31-22)19-4-2-3-5-20(19)28/h2-9,16H,10-15H2,1H3. The molecule has 4 heterocycles. The minimum Gasteiger partial charge on any atom is -0.369 e. The maximum Gasteiger partial charge on any atom is 0.248 e. The number of ether oxygens (including phenoxy) is 1. The summed E-state index contributed by atoms with van der Waals surface area (Å²) in [7, 11) is 1.88. The normalized spacial score (nSPS) is 17.8. The zero-order valence-electron chi connectivity index (χ0n) is 19.7. The van der Waals surface area contributed by atoms with Crippen LogP contribution in [0.2, 0.25) is 10.0 Å². The third-order valence-corrected chi connectivity index (χ3v) is 7.88. The van der Waals surface area contributed by atoms with Crippen LogP contribution in [0, 0.1) is 0 Å². The van der Waals surface area contributed by atoms with E-state index >= 15 is 0 Å². The van der Waals surface area contributed by atoms with Crippen LogP contribution < -0.4 is 4.90 Å². The molecule has 0 saturated carbocycles. The lowest BCUT2D eigenvalue weighted by molar-refractivity contribution is -0.157. The van der Waals surface area contributed by atoms with E-state index in [1.54, 1.807) is 6.33 Å². The molecule has 0 N–H and O–H groups in total. The monoisotopic (exact) mass is 522 g/mol. The summed E-state index contributed by atoms with van der Waals surface area (Å²) in [4.78, 5) is 30.7. The molecule has 4 aromatic rings. The molecule has 0 unspecified atom stereocenters. The first-order valence-corrected chi connectivity index (χ1v) is 12.6. The highest BCUT2D eigenvalue weighted by Crippen LogP contribution is 2.37. The van der Waals surface area contributed by atoms with Crippen LogP contribution in [-0.2, 0) is 9.53 Å². The number of carbonyl (C=O) groups is 1. The fraction of sp³-hybridized carbons (Fsp3) is 0.308. The van der Waals surface area contributed by atoms with Crippen LogP contribution in [-0.4, -0.2) is 69.2 Å². The highest BCUT2D eigenvalue weighted by molar-refractivity contribution is 6.33. The van der Waals surface area contributed by atoms with Crippen molar-refractivity contribution in [3.63, 3.8) is 0 Å². The molecule has 2 aliphatic heterocycles. The van der Waals surface area contributed by atoms with Gasteiger partial charge in [-0.2, -0.15) is 0 Å². The molecule has 0 radical (unpaired) electrons. The van der Waals surface area contributed by atoms with E-state index in [2.05, 4.69) is 14.9 Å². The van der Waals surface area contributed by atoms with Crippen LogP contribution in [0.4, 0.5) is 5.82 Å². The molecule has 0 bridgehead atoms. The lowest BCUT2D eigenvalue weighted by atomic mass is 9.85. The lowest BCUT2D eigenvalue weighted by Gasteiger charge is -2.49. The number of benzene rings is 2. The Morgan fingerprint density at radius 3 is 2.50 bits per heavy atom. The first kappa shape index (κ1) is 23.2. The van der Waals surface area contributed by atoms with Gasteiger partial charge in [0.25, 0.3) is 0 Å². The number of imidazole rings is 1. The molecule has 0 aliphatic carbocycles. The van der Waals surface area contributed by atoms with Crippen molar-refractivity contribution in [2.24, 2.45) is 0 Å². The average molecular weight is 523 g/mol. The summed E-state index contributed by atoms with van der Waals surface area (Å²) in [6.07, 6.45) is 3.15. The Morgan fingerprint density at radius 2 is 1.75 bits per heavy atom. The second-order valence-electron chi connectivity index (χ2n) is 9.25. The Morgan fingerprint density at radius 1 is 1.00 bits per heavy atom. The third kappa shape index (κ3) is 3.80. The van der Waals surface area contributed by atoms with Crippen LogP contribution >= 0.6 is 23.2 Å². The van der Waals surface area contributed by atoms with E-state index < -0.39 is 0 Å². The van der Waals surface area contributed by atoms with Crippen molar-refractivity contribution in [3.05, 3.63) is 64.9 Å². The molecule has 184 valence electrons. The van der Waals surface area contributed by atoms with E-state index in [0.717, 1.165) is 43.0 Å². The Hall–Kier alpha value is -3.20. The number of morpholine rings is 1. The second kappa shape index (κ2) is 9.03. The number of likely N-dealkylation sites (N-methyl/N-ethyl adjacent to an activating group) is 1. The van der Waals surface area contributed by atoms with Gasteiger partial charge in [-0.05, 0) is 49.2 Å². The smallest absolute Gasteiger partial charge is 0.248 e. The molecule has 2 aromatic carbocycles. The Kier molecular flexibility index (Phi) is 5.82. The largest absolute Gasteiger partial charge is 0.369 e. The molecule has 2 saturated heterocycles. The molecular weight excluding hydrogens is 499 g/mol. The maximum absolute atomic E-state index is 12.3. The predicted molar refractivity (Wildman–Crippen MR) is 140 cm³/mol. The van der Waals surface area contributed by atoms with Gasteiger partial charge >= 0.3 is 0 Å². The van der Waals surface area contributed by atoms with Gasteiger partial charge in [0, 0.05) is 36.4 Å². The third-order valence-electron chi connectivity index (χ3n) is 7.30. The van der Waals surface area contributed by atoms with Crippen molar-refractivity contribution in [1.29, 1.82) is 0 Å². The molecule has 8 nitrogen and oxygen atoms in total. The van der Waals surface area contributed by atoms with Crippen molar-refractivity contribution in [1.82, 2.24) is 24.4 Å². The Labute approximate surface area is 218 Å². The average Bonchev–Trinajstić information content (AvgIpc) is 3.28. The number of aromatic nitrogens is 4. The maximum atomic E-state index is 12.3. The van der Waals surface area contributed by atoms with Crippen LogP contribution in [0.1, 0.15) is 12.8 Å². The summed E-state index contributed by atoms with van der Waals surface area (Å²) in [6.45, 7) is 2.16. The van der Waals surface area contributed by atoms with Crippen molar-refractivity contribution in [2.75, 3.05) is 38.3 Å². The van der Waals surface area contributed by atoms with E-state index in [0.29, 0.717) is 33.6 Å². The fourth-order valence-electron chi connectivity index (χ4n) is 5.17. The van der Waals surface area contributed by atoms with Crippen LogP contribution in [0.3, 0.4) is 0 Å². The van der Waals surface area contributed by atoms with Gasteiger partial charge in [0.1, 0.15) is 18.8 Å². The number of piperidine rings is 1. The zero-order chi connectivity index (χ0) is 24.9. The van der Waals surface area contributed by atoms with Crippen molar-refractivity contribution < 1.29 is 9.53 Å². The number of rotatable bonds is 3. The van der Waals surface area contributed by atoms with E-state index in [9.17, 15) is 4.79 Å². The number of halogens is 2. The number of amides is 1. The van der Waals surface area contributed by atoms with Gasteiger partial charge in [-0.15, -0.1) is 0 Å². The summed E-state index contributed by atoms with van der Waals surface area (Å²) in [5.74, 6) is 1.48.